The minimum Gasteiger partial charge on any atom is -0.423 e. The third-order valence-electron chi connectivity index (χ3n) is 2.67. The van der Waals surface area contributed by atoms with Gasteiger partial charge >= 0.3 is 0 Å². The van der Waals surface area contributed by atoms with Gasteiger partial charge in [0.25, 0.3) is 0 Å². The van der Waals surface area contributed by atoms with Crippen LogP contribution in [0.15, 0.2) is 52.6 Å². The number of nitrogens with one attached hydrogen (secondary N) is 1. The first-order valence-electron chi connectivity index (χ1n) is 6.00. The molecule has 1 amide bonds. The van der Waals surface area contributed by atoms with E-state index in [-0.39, 0.29) is 5.91 Å². The van der Waals surface area contributed by atoms with Gasteiger partial charge in [0.15, 0.2) is 0 Å². The van der Waals surface area contributed by atoms with E-state index in [0.717, 1.165) is 10.4 Å². The van der Waals surface area contributed by atoms with Gasteiger partial charge < -0.3 is 9.73 Å². The van der Waals surface area contributed by atoms with Gasteiger partial charge in [0.2, 0.25) is 18.2 Å². The predicted octanol–water partition coefficient (Wildman–Crippen LogP) is 2.98. The molecule has 0 unspecified atom stereocenters. The van der Waals surface area contributed by atoms with Crippen molar-refractivity contribution >= 4 is 22.9 Å². The Kier molecular flexibility index (Phi) is 3.56. The number of thiophene rings is 1. The maximum Gasteiger partial charge on any atom is 0.247 e. The topological polar surface area (TPSA) is 68.0 Å². The Bertz CT molecular complexity index is 693. The Hall–Kier alpha value is -2.47. The average Bonchev–Trinajstić information content (AvgIpc) is 3.11. The number of benzene rings is 1. The molecule has 1 N–H and O–H groups in total. The maximum atomic E-state index is 11.9. The third-order valence-corrected chi connectivity index (χ3v) is 3.54. The molecule has 5 nitrogen and oxygen atoms in total. The lowest BCUT2D eigenvalue weighted by molar-refractivity contribution is -0.115. The monoisotopic (exact) mass is 285 g/mol. The van der Waals surface area contributed by atoms with Crippen LogP contribution in [-0.2, 0) is 11.2 Å². The molecular formula is C14H11N3O2S. The number of nitrogens with zero attached hydrogens (tertiary/aromatic N) is 2. The van der Waals surface area contributed by atoms with Gasteiger partial charge in [-0.2, -0.15) is 0 Å². The Morgan fingerprint density at radius 3 is 3.00 bits per heavy atom. The first-order chi connectivity index (χ1) is 9.81. The lowest BCUT2D eigenvalue weighted by Crippen LogP contribution is -2.13. The van der Waals surface area contributed by atoms with Crippen LogP contribution in [0.25, 0.3) is 11.5 Å². The van der Waals surface area contributed by atoms with Crippen molar-refractivity contribution in [2.24, 2.45) is 0 Å². The maximum absolute atomic E-state index is 11.9. The first-order valence-corrected chi connectivity index (χ1v) is 6.88. The summed E-state index contributed by atoms with van der Waals surface area (Å²) in [5.74, 6) is 0.384. The molecule has 20 heavy (non-hydrogen) atoms. The number of carbonyl (C=O) groups is 1. The average molecular weight is 285 g/mol. The molecule has 0 saturated heterocycles. The van der Waals surface area contributed by atoms with E-state index in [1.54, 1.807) is 17.4 Å². The summed E-state index contributed by atoms with van der Waals surface area (Å²) in [5, 5.41) is 12.3. The van der Waals surface area contributed by atoms with Gasteiger partial charge in [-0.25, -0.2) is 0 Å². The molecule has 0 spiro atoms. The summed E-state index contributed by atoms with van der Waals surface area (Å²) in [7, 11) is 0. The fourth-order valence-corrected chi connectivity index (χ4v) is 2.51. The zero-order valence-electron chi connectivity index (χ0n) is 10.4. The van der Waals surface area contributed by atoms with Gasteiger partial charge in [0.1, 0.15) is 0 Å². The second-order valence-electron chi connectivity index (χ2n) is 4.13. The van der Waals surface area contributed by atoms with Gasteiger partial charge in [0, 0.05) is 16.1 Å². The van der Waals surface area contributed by atoms with Crippen molar-refractivity contribution in [2.75, 3.05) is 5.32 Å². The summed E-state index contributed by atoms with van der Waals surface area (Å²) in [6, 6.07) is 11.2. The molecule has 100 valence electrons. The Morgan fingerprint density at radius 1 is 1.30 bits per heavy atom. The molecule has 0 radical (unpaired) electrons. The number of hydrogen-bond acceptors (Lipinski definition) is 5. The molecule has 2 aromatic heterocycles. The van der Waals surface area contributed by atoms with Crippen molar-refractivity contribution in [3.05, 3.63) is 53.0 Å². The zero-order valence-corrected chi connectivity index (χ0v) is 11.3. The van der Waals surface area contributed by atoms with Crippen LogP contribution in [0.2, 0.25) is 0 Å². The summed E-state index contributed by atoms with van der Waals surface area (Å²) in [5.41, 5.74) is 1.48. The fourth-order valence-electron chi connectivity index (χ4n) is 1.81. The van der Waals surface area contributed by atoms with Crippen LogP contribution in [0.4, 0.5) is 5.69 Å². The largest absolute Gasteiger partial charge is 0.423 e. The Morgan fingerprint density at radius 2 is 2.25 bits per heavy atom. The van der Waals surface area contributed by atoms with Crippen molar-refractivity contribution in [1.29, 1.82) is 0 Å². The van der Waals surface area contributed by atoms with Gasteiger partial charge in [0.05, 0.1) is 6.42 Å². The molecule has 0 aliphatic carbocycles. The molecule has 3 aromatic rings. The van der Waals surface area contributed by atoms with Crippen molar-refractivity contribution in [2.45, 2.75) is 6.42 Å². The first kappa shape index (κ1) is 12.6. The standard InChI is InChI=1S/C14H11N3O2S/c18-13(8-12-5-2-6-20-12)16-11-4-1-3-10(7-11)14-17-15-9-19-14/h1-7,9H,8H2,(H,16,18). The third kappa shape index (κ3) is 2.92. The van der Waals surface area contributed by atoms with Gasteiger partial charge in [-0.05, 0) is 29.6 Å². The van der Waals surface area contributed by atoms with Gasteiger partial charge in [-0.15, -0.1) is 21.5 Å². The van der Waals surface area contributed by atoms with E-state index in [2.05, 4.69) is 15.5 Å². The smallest absolute Gasteiger partial charge is 0.247 e. The number of rotatable bonds is 4. The molecule has 0 aliphatic rings. The van der Waals surface area contributed by atoms with E-state index in [1.807, 2.05) is 35.7 Å². The number of hydrogen-bond donors (Lipinski definition) is 1. The van der Waals surface area contributed by atoms with E-state index in [0.29, 0.717) is 18.0 Å². The summed E-state index contributed by atoms with van der Waals surface area (Å²) < 4.78 is 5.13. The lowest BCUT2D eigenvalue weighted by atomic mass is 10.2. The van der Waals surface area contributed by atoms with Crippen LogP contribution in [0, 0.1) is 0 Å². The number of amides is 1. The Balaban J connectivity index is 1.71. The van der Waals surface area contributed by atoms with Crippen LogP contribution in [0.1, 0.15) is 4.88 Å². The minimum absolute atomic E-state index is 0.0462. The normalized spacial score (nSPS) is 10.4. The highest BCUT2D eigenvalue weighted by Crippen LogP contribution is 2.20. The van der Waals surface area contributed by atoms with Crippen LogP contribution in [-0.4, -0.2) is 16.1 Å². The van der Waals surface area contributed by atoms with Crippen LogP contribution in [0.3, 0.4) is 0 Å². The Labute approximate surface area is 119 Å². The molecule has 0 bridgehead atoms. The van der Waals surface area contributed by atoms with E-state index in [4.69, 9.17) is 4.42 Å². The van der Waals surface area contributed by atoms with Crippen LogP contribution in [0.5, 0.6) is 0 Å². The van der Waals surface area contributed by atoms with Crippen molar-refractivity contribution in [3.63, 3.8) is 0 Å². The summed E-state index contributed by atoms with van der Waals surface area (Å²) in [6.07, 6.45) is 1.65. The number of carbonyl (C=O) groups excluding carboxylic acids is 1. The quantitative estimate of drug-likeness (QED) is 0.800. The highest BCUT2D eigenvalue weighted by molar-refractivity contribution is 7.10. The van der Waals surface area contributed by atoms with Crippen molar-refractivity contribution in [3.8, 4) is 11.5 Å². The van der Waals surface area contributed by atoms with Crippen molar-refractivity contribution < 1.29 is 9.21 Å². The molecule has 6 heteroatoms. The van der Waals surface area contributed by atoms with Gasteiger partial charge in [-0.1, -0.05) is 12.1 Å². The second kappa shape index (κ2) is 5.66. The summed E-state index contributed by atoms with van der Waals surface area (Å²) >= 11 is 1.57. The summed E-state index contributed by atoms with van der Waals surface area (Å²) in [4.78, 5) is 13.0. The zero-order chi connectivity index (χ0) is 13.8. The SMILES string of the molecule is O=C(Cc1cccs1)Nc1cccc(-c2nnco2)c1. The van der Waals surface area contributed by atoms with E-state index in [9.17, 15) is 4.79 Å². The fraction of sp³-hybridized carbons (Fsp3) is 0.0714. The lowest BCUT2D eigenvalue weighted by Gasteiger charge is -2.05. The highest BCUT2D eigenvalue weighted by atomic mass is 32.1. The van der Waals surface area contributed by atoms with Crippen LogP contribution >= 0.6 is 11.3 Å². The van der Waals surface area contributed by atoms with Gasteiger partial charge in [-0.3, -0.25) is 4.79 Å². The molecule has 0 atom stereocenters. The molecule has 0 fully saturated rings. The van der Waals surface area contributed by atoms with E-state index < -0.39 is 0 Å². The second-order valence-corrected chi connectivity index (χ2v) is 5.16. The molecule has 1 aromatic carbocycles. The molecule has 2 heterocycles. The highest BCUT2D eigenvalue weighted by Gasteiger charge is 2.07. The van der Waals surface area contributed by atoms with Crippen molar-refractivity contribution in [1.82, 2.24) is 10.2 Å². The molecular weight excluding hydrogens is 274 g/mol. The predicted molar refractivity (Wildman–Crippen MR) is 76.4 cm³/mol. The van der Waals surface area contributed by atoms with E-state index >= 15 is 0 Å². The van der Waals surface area contributed by atoms with E-state index in [1.165, 1.54) is 6.39 Å². The minimum atomic E-state index is -0.0462. The molecule has 3 rings (SSSR count). The number of aromatic nitrogens is 2. The molecule has 0 aliphatic heterocycles. The van der Waals surface area contributed by atoms with Crippen LogP contribution < -0.4 is 5.32 Å². The summed E-state index contributed by atoms with van der Waals surface area (Å²) in [6.45, 7) is 0. The number of anilines is 1. The molecule has 0 saturated carbocycles.